The largest absolute Gasteiger partial charge is 0.241 e. The fourth-order valence-corrected chi connectivity index (χ4v) is 5.46. The summed E-state index contributed by atoms with van der Waals surface area (Å²) in [4.78, 5) is 8.95. The molecule has 0 N–H and O–H groups in total. The molecular formula is C24H40N2. The van der Waals surface area contributed by atoms with Gasteiger partial charge in [0.2, 0.25) is 0 Å². The van der Waals surface area contributed by atoms with Crippen LogP contribution in [0.3, 0.4) is 0 Å². The average molecular weight is 357 g/mol. The smallest absolute Gasteiger partial charge is 0.128 e. The van der Waals surface area contributed by atoms with Gasteiger partial charge in [-0.3, -0.25) is 0 Å². The second-order valence-corrected chi connectivity index (χ2v) is 9.27. The number of hydrogen-bond acceptors (Lipinski definition) is 2. The molecule has 0 bridgehead atoms. The summed E-state index contributed by atoms with van der Waals surface area (Å²) in [5.74, 6) is 5.11. The molecule has 0 saturated heterocycles. The highest BCUT2D eigenvalue weighted by Gasteiger charge is 2.30. The standard InChI is InChI=1S/C24H40N2/c1-3-4-5-6-20-7-12-22(13-8-20)23-14-9-21(10-15-23)11-16-24-25-17-19(2)18-26-24/h17-18,20-23H,3-16H2,1-2H3/t20-,21-,22-,23-. The molecule has 2 aliphatic rings. The molecule has 0 aromatic carbocycles. The van der Waals surface area contributed by atoms with Gasteiger partial charge in [-0.15, -0.1) is 0 Å². The van der Waals surface area contributed by atoms with Crippen molar-refractivity contribution in [2.24, 2.45) is 23.7 Å². The number of aromatic nitrogens is 2. The molecule has 1 heterocycles. The molecule has 2 saturated carbocycles. The Hall–Kier alpha value is -0.920. The topological polar surface area (TPSA) is 25.8 Å². The molecule has 2 fully saturated rings. The van der Waals surface area contributed by atoms with E-state index in [2.05, 4.69) is 23.8 Å². The highest BCUT2D eigenvalue weighted by molar-refractivity contribution is 5.02. The van der Waals surface area contributed by atoms with Crippen molar-refractivity contribution in [2.75, 3.05) is 0 Å². The van der Waals surface area contributed by atoms with Gasteiger partial charge in [-0.2, -0.15) is 0 Å². The Kier molecular flexibility index (Phi) is 7.95. The van der Waals surface area contributed by atoms with Crippen LogP contribution in [0.2, 0.25) is 0 Å². The minimum Gasteiger partial charge on any atom is -0.241 e. The summed E-state index contributed by atoms with van der Waals surface area (Å²) in [6.07, 6.45) is 24.1. The lowest BCUT2D eigenvalue weighted by Gasteiger charge is -2.38. The van der Waals surface area contributed by atoms with Crippen LogP contribution in [0.4, 0.5) is 0 Å². The van der Waals surface area contributed by atoms with E-state index in [9.17, 15) is 0 Å². The highest BCUT2D eigenvalue weighted by atomic mass is 14.9. The summed E-state index contributed by atoms with van der Waals surface area (Å²) in [7, 11) is 0. The summed E-state index contributed by atoms with van der Waals surface area (Å²) in [5, 5.41) is 0. The van der Waals surface area contributed by atoms with E-state index in [1.54, 1.807) is 0 Å². The maximum absolute atomic E-state index is 4.47. The van der Waals surface area contributed by atoms with Crippen LogP contribution in [-0.4, -0.2) is 9.97 Å². The van der Waals surface area contributed by atoms with Gasteiger partial charge >= 0.3 is 0 Å². The third kappa shape index (κ3) is 6.06. The molecule has 2 heteroatoms. The maximum Gasteiger partial charge on any atom is 0.128 e. The summed E-state index contributed by atoms with van der Waals surface area (Å²) in [6.45, 7) is 4.38. The molecular weight excluding hydrogens is 316 g/mol. The van der Waals surface area contributed by atoms with Crippen molar-refractivity contribution in [1.29, 1.82) is 0 Å². The Morgan fingerprint density at radius 1 is 0.769 bits per heavy atom. The second kappa shape index (κ2) is 10.4. The van der Waals surface area contributed by atoms with Crippen LogP contribution in [0.15, 0.2) is 12.4 Å². The predicted octanol–water partition coefficient (Wildman–Crippen LogP) is 6.91. The Morgan fingerprint density at radius 2 is 1.31 bits per heavy atom. The van der Waals surface area contributed by atoms with Gasteiger partial charge in [0, 0.05) is 18.8 Å². The molecule has 0 atom stereocenters. The van der Waals surface area contributed by atoms with Gasteiger partial charge in [0.25, 0.3) is 0 Å². The summed E-state index contributed by atoms with van der Waals surface area (Å²) in [5.41, 5.74) is 1.16. The lowest BCUT2D eigenvalue weighted by Crippen LogP contribution is -2.26. The number of rotatable bonds is 8. The summed E-state index contributed by atoms with van der Waals surface area (Å²) < 4.78 is 0. The fourth-order valence-electron chi connectivity index (χ4n) is 5.46. The minimum atomic E-state index is 0.918. The van der Waals surface area contributed by atoms with Crippen molar-refractivity contribution in [3.05, 3.63) is 23.8 Å². The minimum absolute atomic E-state index is 0.918. The third-order valence-corrected chi connectivity index (χ3v) is 7.28. The Bertz CT molecular complexity index is 493. The Balaban J connectivity index is 1.32. The molecule has 0 radical (unpaired) electrons. The number of nitrogens with zero attached hydrogens (tertiary/aromatic N) is 2. The predicted molar refractivity (Wildman–Crippen MR) is 110 cm³/mol. The maximum atomic E-state index is 4.47. The molecule has 3 rings (SSSR count). The number of aryl methyl sites for hydroxylation is 2. The molecule has 2 aliphatic carbocycles. The van der Waals surface area contributed by atoms with E-state index in [1.807, 2.05) is 12.4 Å². The summed E-state index contributed by atoms with van der Waals surface area (Å²) >= 11 is 0. The van der Waals surface area contributed by atoms with Crippen LogP contribution in [0.1, 0.15) is 102 Å². The molecule has 0 aliphatic heterocycles. The zero-order valence-corrected chi connectivity index (χ0v) is 17.3. The van der Waals surface area contributed by atoms with E-state index >= 15 is 0 Å². The van der Waals surface area contributed by atoms with E-state index in [0.29, 0.717) is 0 Å². The van der Waals surface area contributed by atoms with Gasteiger partial charge in [-0.25, -0.2) is 9.97 Å². The quantitative estimate of drug-likeness (QED) is 0.473. The molecule has 26 heavy (non-hydrogen) atoms. The molecule has 0 spiro atoms. The fraction of sp³-hybridized carbons (Fsp3) is 0.833. The molecule has 146 valence electrons. The summed E-state index contributed by atoms with van der Waals surface area (Å²) in [6, 6.07) is 0. The van der Waals surface area contributed by atoms with Crippen LogP contribution in [0.25, 0.3) is 0 Å². The van der Waals surface area contributed by atoms with Crippen LogP contribution in [-0.2, 0) is 6.42 Å². The molecule has 0 amide bonds. The first-order chi connectivity index (χ1) is 12.7. The zero-order chi connectivity index (χ0) is 18.2. The van der Waals surface area contributed by atoms with Crippen LogP contribution < -0.4 is 0 Å². The zero-order valence-electron chi connectivity index (χ0n) is 17.3. The third-order valence-electron chi connectivity index (χ3n) is 7.28. The van der Waals surface area contributed by atoms with Crippen LogP contribution >= 0.6 is 0 Å². The van der Waals surface area contributed by atoms with E-state index in [1.165, 1.54) is 83.5 Å². The highest BCUT2D eigenvalue weighted by Crippen LogP contribution is 2.43. The van der Waals surface area contributed by atoms with Crippen molar-refractivity contribution in [2.45, 2.75) is 104 Å². The lowest BCUT2D eigenvalue weighted by molar-refractivity contribution is 0.140. The first kappa shape index (κ1) is 19.8. The van der Waals surface area contributed by atoms with Crippen molar-refractivity contribution in [3.63, 3.8) is 0 Å². The monoisotopic (exact) mass is 356 g/mol. The van der Waals surface area contributed by atoms with E-state index in [0.717, 1.165) is 41.5 Å². The van der Waals surface area contributed by atoms with Crippen molar-refractivity contribution in [3.8, 4) is 0 Å². The first-order valence-electron chi connectivity index (χ1n) is 11.5. The van der Waals surface area contributed by atoms with Crippen LogP contribution in [0, 0.1) is 30.6 Å². The van der Waals surface area contributed by atoms with Gasteiger partial charge in [0.05, 0.1) is 0 Å². The SMILES string of the molecule is CCCCC[C@H]1CC[C@H]([C@H]2CC[C@H](CCc3ncc(C)cn3)CC2)CC1. The van der Waals surface area contributed by atoms with Gasteiger partial charge < -0.3 is 0 Å². The van der Waals surface area contributed by atoms with Gasteiger partial charge in [0.15, 0.2) is 0 Å². The van der Waals surface area contributed by atoms with Gasteiger partial charge in [-0.1, -0.05) is 58.3 Å². The van der Waals surface area contributed by atoms with Crippen molar-refractivity contribution in [1.82, 2.24) is 9.97 Å². The number of hydrogen-bond donors (Lipinski definition) is 0. The van der Waals surface area contributed by atoms with Gasteiger partial charge in [-0.05, 0) is 68.3 Å². The van der Waals surface area contributed by atoms with Crippen molar-refractivity contribution >= 4 is 0 Å². The molecule has 1 aromatic heterocycles. The molecule has 0 unspecified atom stereocenters. The van der Waals surface area contributed by atoms with Crippen molar-refractivity contribution < 1.29 is 0 Å². The van der Waals surface area contributed by atoms with Crippen LogP contribution in [0.5, 0.6) is 0 Å². The van der Waals surface area contributed by atoms with E-state index in [-0.39, 0.29) is 0 Å². The number of unbranched alkanes of at least 4 members (excludes halogenated alkanes) is 2. The molecule has 1 aromatic rings. The Morgan fingerprint density at radius 3 is 1.85 bits per heavy atom. The Labute approximate surface area is 161 Å². The normalized spacial score (nSPS) is 29.6. The van der Waals surface area contributed by atoms with E-state index < -0.39 is 0 Å². The first-order valence-corrected chi connectivity index (χ1v) is 11.5. The lowest BCUT2D eigenvalue weighted by atomic mass is 9.68. The second-order valence-electron chi connectivity index (χ2n) is 9.27. The van der Waals surface area contributed by atoms with Gasteiger partial charge in [0.1, 0.15) is 5.82 Å². The molecule has 2 nitrogen and oxygen atoms in total. The average Bonchev–Trinajstić information content (AvgIpc) is 2.69. The van der Waals surface area contributed by atoms with E-state index in [4.69, 9.17) is 0 Å².